The van der Waals surface area contributed by atoms with Gasteiger partial charge in [0.2, 0.25) is 5.91 Å². The van der Waals surface area contributed by atoms with Crippen molar-refractivity contribution in [2.45, 2.75) is 18.2 Å². The molecule has 0 aromatic heterocycles. The van der Waals surface area contributed by atoms with Crippen LogP contribution in [-0.2, 0) is 17.8 Å². The summed E-state index contributed by atoms with van der Waals surface area (Å²) in [5.74, 6) is 2.33. The maximum absolute atomic E-state index is 13.2. The van der Waals surface area contributed by atoms with Crippen molar-refractivity contribution in [3.63, 3.8) is 0 Å². The van der Waals surface area contributed by atoms with Gasteiger partial charge in [0, 0.05) is 5.56 Å². The molecule has 4 rings (SSSR count). The van der Waals surface area contributed by atoms with Crippen molar-refractivity contribution < 1.29 is 19.0 Å². The molecule has 0 saturated carbocycles. The van der Waals surface area contributed by atoms with Gasteiger partial charge in [-0.25, -0.2) is 0 Å². The van der Waals surface area contributed by atoms with Gasteiger partial charge in [-0.2, -0.15) is 0 Å². The third-order valence-electron chi connectivity index (χ3n) is 5.41. The summed E-state index contributed by atoms with van der Waals surface area (Å²) in [7, 11) is 4.93. The molecule has 1 aliphatic heterocycles. The number of carbonyl (C=O) groups excluding carboxylic acids is 1. The standard InChI is InChI=1S/C24H23NO4S2/c1-27-17-8-4-15(5-9-17)14-25-23(26)22(31-24(25)30)13-20-19-12-18(28-2)10-6-16(19)7-11-21(20)29-3/h4-12,22H,13-14H2,1-3H3/t22-/m0/s1. The predicted octanol–water partition coefficient (Wildman–Crippen LogP) is 4.84. The number of benzene rings is 3. The number of amides is 1. The summed E-state index contributed by atoms with van der Waals surface area (Å²) in [6, 6.07) is 17.6. The highest BCUT2D eigenvalue weighted by molar-refractivity contribution is 8.24. The molecule has 1 saturated heterocycles. The summed E-state index contributed by atoms with van der Waals surface area (Å²) in [4.78, 5) is 14.9. The number of ether oxygens (including phenoxy) is 3. The largest absolute Gasteiger partial charge is 0.497 e. The van der Waals surface area contributed by atoms with Crippen LogP contribution in [0.3, 0.4) is 0 Å². The normalized spacial score (nSPS) is 16.1. The van der Waals surface area contributed by atoms with Crippen LogP contribution < -0.4 is 14.2 Å². The second kappa shape index (κ2) is 9.16. The molecule has 1 atom stereocenters. The van der Waals surface area contributed by atoms with Gasteiger partial charge in [0.25, 0.3) is 0 Å². The number of nitrogens with zero attached hydrogens (tertiary/aromatic N) is 1. The number of thioether (sulfide) groups is 1. The van der Waals surface area contributed by atoms with Gasteiger partial charge in [0.1, 0.15) is 21.6 Å². The number of fused-ring (bicyclic) bond motifs is 1. The molecule has 31 heavy (non-hydrogen) atoms. The van der Waals surface area contributed by atoms with Gasteiger partial charge in [-0.1, -0.05) is 48.2 Å². The monoisotopic (exact) mass is 453 g/mol. The van der Waals surface area contributed by atoms with Gasteiger partial charge < -0.3 is 14.2 Å². The SMILES string of the molecule is COc1ccc(CN2C(=O)[C@H](Cc3c(OC)ccc4ccc(OC)cc34)SC2=S)cc1. The zero-order valence-corrected chi connectivity index (χ0v) is 19.2. The van der Waals surface area contributed by atoms with E-state index in [9.17, 15) is 4.79 Å². The molecule has 0 radical (unpaired) electrons. The van der Waals surface area contributed by atoms with E-state index in [1.165, 1.54) is 11.8 Å². The van der Waals surface area contributed by atoms with Crippen molar-refractivity contribution in [2.24, 2.45) is 0 Å². The zero-order valence-electron chi connectivity index (χ0n) is 17.6. The number of hydrogen-bond donors (Lipinski definition) is 0. The lowest BCUT2D eigenvalue weighted by atomic mass is 9.98. The molecule has 5 nitrogen and oxygen atoms in total. The molecular weight excluding hydrogens is 430 g/mol. The Morgan fingerprint density at radius 1 is 0.935 bits per heavy atom. The third-order valence-corrected chi connectivity index (χ3v) is 7.00. The lowest BCUT2D eigenvalue weighted by Gasteiger charge is -2.17. The number of methoxy groups -OCH3 is 3. The van der Waals surface area contributed by atoms with Crippen molar-refractivity contribution in [3.8, 4) is 17.2 Å². The van der Waals surface area contributed by atoms with Gasteiger partial charge in [0.15, 0.2) is 0 Å². The smallest absolute Gasteiger partial charge is 0.242 e. The van der Waals surface area contributed by atoms with E-state index in [0.29, 0.717) is 17.3 Å². The Labute approximate surface area is 191 Å². The second-order valence-electron chi connectivity index (χ2n) is 7.18. The topological polar surface area (TPSA) is 48.0 Å². The van der Waals surface area contributed by atoms with E-state index < -0.39 is 0 Å². The molecule has 0 N–H and O–H groups in total. The van der Waals surface area contributed by atoms with E-state index in [4.69, 9.17) is 26.4 Å². The average molecular weight is 454 g/mol. The summed E-state index contributed by atoms with van der Waals surface area (Å²) < 4.78 is 16.8. The molecule has 1 amide bonds. The number of carbonyl (C=O) groups is 1. The maximum Gasteiger partial charge on any atom is 0.242 e. The molecule has 0 aliphatic carbocycles. The van der Waals surface area contributed by atoms with Crippen molar-refractivity contribution in [2.75, 3.05) is 21.3 Å². The van der Waals surface area contributed by atoms with E-state index in [2.05, 4.69) is 0 Å². The molecule has 3 aromatic carbocycles. The predicted molar refractivity (Wildman–Crippen MR) is 128 cm³/mol. The summed E-state index contributed by atoms with van der Waals surface area (Å²) in [5, 5.41) is 1.80. The Balaban J connectivity index is 1.60. The van der Waals surface area contributed by atoms with Gasteiger partial charge in [-0.3, -0.25) is 9.69 Å². The van der Waals surface area contributed by atoms with E-state index >= 15 is 0 Å². The van der Waals surface area contributed by atoms with Crippen LogP contribution in [0.2, 0.25) is 0 Å². The van der Waals surface area contributed by atoms with E-state index in [0.717, 1.165) is 39.1 Å². The molecule has 0 spiro atoms. The van der Waals surface area contributed by atoms with Gasteiger partial charge in [-0.15, -0.1) is 0 Å². The lowest BCUT2D eigenvalue weighted by molar-refractivity contribution is -0.126. The van der Waals surface area contributed by atoms with Gasteiger partial charge >= 0.3 is 0 Å². The highest BCUT2D eigenvalue weighted by Crippen LogP contribution is 2.37. The molecule has 7 heteroatoms. The molecule has 160 valence electrons. The first-order valence-electron chi connectivity index (χ1n) is 9.82. The molecule has 0 unspecified atom stereocenters. The first-order valence-corrected chi connectivity index (χ1v) is 11.1. The van der Waals surface area contributed by atoms with Crippen molar-refractivity contribution in [1.29, 1.82) is 0 Å². The van der Waals surface area contributed by atoms with E-state index in [1.54, 1.807) is 26.2 Å². The second-order valence-corrected chi connectivity index (χ2v) is 9.02. The number of thiocarbonyl (C=S) groups is 1. The Morgan fingerprint density at radius 2 is 1.61 bits per heavy atom. The summed E-state index contributed by atoms with van der Waals surface area (Å²) in [6.45, 7) is 0.450. The molecule has 0 bridgehead atoms. The fraction of sp³-hybridized carbons (Fsp3) is 0.250. The van der Waals surface area contributed by atoms with Gasteiger partial charge in [0.05, 0.1) is 33.1 Å². The molecule has 1 fully saturated rings. The third kappa shape index (κ3) is 4.34. The number of rotatable bonds is 7. The fourth-order valence-electron chi connectivity index (χ4n) is 3.74. The Morgan fingerprint density at radius 3 is 2.29 bits per heavy atom. The van der Waals surface area contributed by atoms with E-state index in [1.807, 2.05) is 54.6 Å². The van der Waals surface area contributed by atoms with Crippen LogP contribution >= 0.6 is 24.0 Å². The maximum atomic E-state index is 13.2. The Bertz CT molecular complexity index is 1130. The van der Waals surface area contributed by atoms with Crippen molar-refractivity contribution in [3.05, 3.63) is 65.7 Å². The quantitative estimate of drug-likeness (QED) is 0.477. The van der Waals surface area contributed by atoms with E-state index in [-0.39, 0.29) is 11.2 Å². The van der Waals surface area contributed by atoms with Crippen LogP contribution in [0.5, 0.6) is 17.2 Å². The summed E-state index contributed by atoms with van der Waals surface area (Å²) >= 11 is 6.98. The van der Waals surface area contributed by atoms with Crippen molar-refractivity contribution >= 4 is 45.0 Å². The molecular formula is C24H23NO4S2. The average Bonchev–Trinajstić information content (AvgIpc) is 3.06. The van der Waals surface area contributed by atoms with Crippen LogP contribution in [-0.4, -0.2) is 41.7 Å². The van der Waals surface area contributed by atoms with Crippen LogP contribution in [0, 0.1) is 0 Å². The lowest BCUT2D eigenvalue weighted by Crippen LogP contribution is -2.31. The Kier molecular flexibility index (Phi) is 6.34. The highest BCUT2D eigenvalue weighted by atomic mass is 32.2. The first kappa shape index (κ1) is 21.5. The summed E-state index contributed by atoms with van der Waals surface area (Å²) in [6.07, 6.45) is 0.524. The van der Waals surface area contributed by atoms with Crippen LogP contribution in [0.1, 0.15) is 11.1 Å². The minimum absolute atomic E-state index is 0.0211. The molecule has 1 aliphatic rings. The van der Waals surface area contributed by atoms with Crippen LogP contribution in [0.25, 0.3) is 10.8 Å². The number of hydrogen-bond acceptors (Lipinski definition) is 6. The van der Waals surface area contributed by atoms with Crippen LogP contribution in [0.15, 0.2) is 54.6 Å². The zero-order chi connectivity index (χ0) is 22.0. The minimum atomic E-state index is -0.295. The minimum Gasteiger partial charge on any atom is -0.497 e. The van der Waals surface area contributed by atoms with Crippen LogP contribution in [0.4, 0.5) is 0 Å². The van der Waals surface area contributed by atoms with Gasteiger partial charge in [-0.05, 0) is 53.1 Å². The Hall–Kier alpha value is -2.77. The highest BCUT2D eigenvalue weighted by Gasteiger charge is 2.37. The van der Waals surface area contributed by atoms with Crippen molar-refractivity contribution in [1.82, 2.24) is 4.90 Å². The molecule has 1 heterocycles. The summed E-state index contributed by atoms with van der Waals surface area (Å²) in [5.41, 5.74) is 1.99. The fourth-order valence-corrected chi connectivity index (χ4v) is 5.25. The molecule has 3 aromatic rings. The first-order chi connectivity index (χ1) is 15.0.